The van der Waals surface area contributed by atoms with Crippen LogP contribution in [0.4, 0.5) is 5.69 Å². The number of fused-ring (bicyclic) bond motifs is 1. The zero-order valence-electron chi connectivity index (χ0n) is 18.5. The minimum absolute atomic E-state index is 0.122. The molecule has 1 N–H and O–H groups in total. The highest BCUT2D eigenvalue weighted by atomic mass is 16.5. The van der Waals surface area contributed by atoms with Crippen LogP contribution in [0.15, 0.2) is 47.7 Å². The van der Waals surface area contributed by atoms with Gasteiger partial charge in [-0.25, -0.2) is 4.79 Å². The van der Waals surface area contributed by atoms with Crippen molar-refractivity contribution in [2.45, 2.75) is 32.6 Å². The fourth-order valence-electron chi connectivity index (χ4n) is 4.64. The van der Waals surface area contributed by atoms with Crippen molar-refractivity contribution in [2.75, 3.05) is 26.6 Å². The smallest absolute Gasteiger partial charge is 0.337 e. The molecule has 0 spiro atoms. The molecule has 0 saturated carbocycles. The van der Waals surface area contributed by atoms with Crippen molar-refractivity contribution in [3.63, 3.8) is 0 Å². The van der Waals surface area contributed by atoms with Gasteiger partial charge in [0.15, 0.2) is 5.78 Å². The van der Waals surface area contributed by atoms with Crippen LogP contribution in [-0.2, 0) is 9.53 Å². The Morgan fingerprint density at radius 1 is 1.03 bits per heavy atom. The Balaban J connectivity index is 1.93. The summed E-state index contributed by atoms with van der Waals surface area (Å²) in [6, 6.07) is 11.0. The first-order valence-electron chi connectivity index (χ1n) is 10.3. The maximum atomic E-state index is 13.3. The SMILES string of the molecule is COC(=O)c1ccc([C@H]2C3=C(CC(C)(C)CC3=O)Nc3cc(OC)cc(OC)c32)cc1. The van der Waals surface area contributed by atoms with Gasteiger partial charge in [-0.2, -0.15) is 0 Å². The summed E-state index contributed by atoms with van der Waals surface area (Å²) in [5, 5.41) is 3.50. The van der Waals surface area contributed by atoms with Crippen LogP contribution in [-0.4, -0.2) is 33.1 Å². The van der Waals surface area contributed by atoms with Gasteiger partial charge in [0.05, 0.1) is 26.9 Å². The average Bonchev–Trinajstić information content (AvgIpc) is 2.75. The fraction of sp³-hybridized carbons (Fsp3) is 0.360. The average molecular weight is 421 g/mol. The largest absolute Gasteiger partial charge is 0.497 e. The summed E-state index contributed by atoms with van der Waals surface area (Å²) >= 11 is 0. The highest BCUT2D eigenvalue weighted by Crippen LogP contribution is 2.52. The first kappa shape index (κ1) is 21.0. The number of hydrogen-bond acceptors (Lipinski definition) is 6. The molecule has 6 nitrogen and oxygen atoms in total. The fourth-order valence-corrected chi connectivity index (χ4v) is 4.64. The Labute approximate surface area is 182 Å². The first-order valence-corrected chi connectivity index (χ1v) is 10.3. The van der Waals surface area contributed by atoms with Gasteiger partial charge in [0.2, 0.25) is 0 Å². The third kappa shape index (κ3) is 3.67. The Hall–Kier alpha value is -3.28. The van der Waals surface area contributed by atoms with Crippen molar-refractivity contribution in [3.05, 3.63) is 64.4 Å². The van der Waals surface area contributed by atoms with Crippen LogP contribution >= 0.6 is 0 Å². The van der Waals surface area contributed by atoms with E-state index >= 15 is 0 Å². The molecule has 0 bridgehead atoms. The van der Waals surface area contributed by atoms with Crippen LogP contribution in [0.2, 0.25) is 0 Å². The van der Waals surface area contributed by atoms with E-state index in [2.05, 4.69) is 19.2 Å². The molecular weight excluding hydrogens is 394 g/mol. The molecule has 0 unspecified atom stereocenters. The number of ketones is 1. The third-order valence-corrected chi connectivity index (χ3v) is 6.02. The van der Waals surface area contributed by atoms with Crippen LogP contribution in [0.1, 0.15) is 54.1 Å². The number of benzene rings is 2. The van der Waals surface area contributed by atoms with Gasteiger partial charge in [0.25, 0.3) is 0 Å². The van der Waals surface area contributed by atoms with E-state index in [1.54, 1.807) is 26.4 Å². The zero-order valence-corrected chi connectivity index (χ0v) is 18.5. The molecule has 0 fully saturated rings. The molecule has 1 aliphatic heterocycles. The van der Waals surface area contributed by atoms with Crippen LogP contribution in [0, 0.1) is 5.41 Å². The topological polar surface area (TPSA) is 73.9 Å². The van der Waals surface area contributed by atoms with Crippen molar-refractivity contribution in [1.82, 2.24) is 0 Å². The minimum atomic E-state index is -0.394. The van der Waals surface area contributed by atoms with Crippen molar-refractivity contribution in [1.29, 1.82) is 0 Å². The summed E-state index contributed by atoms with van der Waals surface area (Å²) in [6.45, 7) is 4.22. The molecular formula is C25H27NO5. The van der Waals surface area contributed by atoms with Gasteiger partial charge >= 0.3 is 5.97 Å². The van der Waals surface area contributed by atoms with E-state index in [4.69, 9.17) is 14.2 Å². The lowest BCUT2D eigenvalue weighted by Gasteiger charge is -2.40. The monoisotopic (exact) mass is 421 g/mol. The van der Waals surface area contributed by atoms with Gasteiger partial charge in [-0.3, -0.25) is 4.79 Å². The molecule has 1 aliphatic carbocycles. The molecule has 31 heavy (non-hydrogen) atoms. The molecule has 0 saturated heterocycles. The van der Waals surface area contributed by atoms with Crippen molar-refractivity contribution in [2.24, 2.45) is 5.41 Å². The Morgan fingerprint density at radius 3 is 2.35 bits per heavy atom. The molecule has 0 aromatic heterocycles. The number of carbonyl (C=O) groups excluding carboxylic acids is 2. The summed E-state index contributed by atoms with van der Waals surface area (Å²) in [6.07, 6.45) is 1.25. The van der Waals surface area contributed by atoms with E-state index in [9.17, 15) is 9.59 Å². The molecule has 6 heteroatoms. The first-order chi connectivity index (χ1) is 14.8. The number of carbonyl (C=O) groups is 2. The maximum absolute atomic E-state index is 13.3. The van der Waals surface area contributed by atoms with Gasteiger partial charge in [-0.05, 0) is 29.5 Å². The molecule has 1 atom stereocenters. The lowest BCUT2D eigenvalue weighted by atomic mass is 9.68. The minimum Gasteiger partial charge on any atom is -0.497 e. The van der Waals surface area contributed by atoms with Crippen molar-refractivity contribution in [3.8, 4) is 11.5 Å². The summed E-state index contributed by atoms with van der Waals surface area (Å²) in [5.41, 5.74) is 4.71. The van der Waals surface area contributed by atoms with Gasteiger partial charge in [0.1, 0.15) is 11.5 Å². The lowest BCUT2D eigenvalue weighted by molar-refractivity contribution is -0.118. The van der Waals surface area contributed by atoms with E-state index in [-0.39, 0.29) is 17.1 Å². The second-order valence-corrected chi connectivity index (χ2v) is 8.80. The number of nitrogens with one attached hydrogen (secondary N) is 1. The Morgan fingerprint density at radius 2 is 1.74 bits per heavy atom. The van der Waals surface area contributed by atoms with Crippen LogP contribution in [0.25, 0.3) is 0 Å². The molecule has 162 valence electrons. The number of methoxy groups -OCH3 is 3. The number of allylic oxidation sites excluding steroid dienone is 2. The molecule has 2 aromatic carbocycles. The number of Topliss-reactive ketones (excluding diaryl/α,β-unsaturated/α-hetero) is 1. The second kappa shape index (κ2) is 7.76. The van der Waals surface area contributed by atoms with Crippen molar-refractivity contribution >= 4 is 17.4 Å². The van der Waals surface area contributed by atoms with Crippen LogP contribution in [0.3, 0.4) is 0 Å². The van der Waals surface area contributed by atoms with E-state index in [1.165, 1.54) is 7.11 Å². The van der Waals surface area contributed by atoms with E-state index in [0.29, 0.717) is 23.5 Å². The number of ether oxygens (including phenoxy) is 3. The number of hydrogen-bond donors (Lipinski definition) is 1. The van der Waals surface area contributed by atoms with E-state index < -0.39 is 5.97 Å². The highest BCUT2D eigenvalue weighted by Gasteiger charge is 2.42. The number of anilines is 1. The van der Waals surface area contributed by atoms with Crippen molar-refractivity contribution < 1.29 is 23.8 Å². The lowest BCUT2D eigenvalue weighted by Crippen LogP contribution is -2.34. The predicted octanol–water partition coefficient (Wildman–Crippen LogP) is 4.69. The number of rotatable bonds is 4. The molecule has 2 aromatic rings. The van der Waals surface area contributed by atoms with E-state index in [1.807, 2.05) is 24.3 Å². The molecule has 1 heterocycles. The normalized spacial score (nSPS) is 19.1. The molecule has 0 radical (unpaired) electrons. The second-order valence-electron chi connectivity index (χ2n) is 8.80. The zero-order chi connectivity index (χ0) is 22.3. The Bertz CT molecular complexity index is 1080. The van der Waals surface area contributed by atoms with Gasteiger partial charge in [-0.1, -0.05) is 26.0 Å². The summed E-state index contributed by atoms with van der Waals surface area (Å²) in [4.78, 5) is 25.2. The standard InChI is InChI=1S/C25H27NO5/c1-25(2)12-18-22(19(27)13-25)21(14-6-8-15(9-7-14)24(28)31-5)23-17(26-18)10-16(29-3)11-20(23)30-4/h6-11,21,26H,12-13H2,1-5H3/t21-/m0/s1. The predicted molar refractivity (Wildman–Crippen MR) is 118 cm³/mol. The molecule has 4 rings (SSSR count). The highest BCUT2D eigenvalue weighted by molar-refractivity contribution is 6.02. The van der Waals surface area contributed by atoms with Gasteiger partial charge < -0.3 is 19.5 Å². The van der Waals surface area contributed by atoms with Crippen LogP contribution in [0.5, 0.6) is 11.5 Å². The van der Waals surface area contributed by atoms with Crippen LogP contribution < -0.4 is 14.8 Å². The third-order valence-electron chi connectivity index (χ3n) is 6.02. The van der Waals surface area contributed by atoms with E-state index in [0.717, 1.165) is 34.5 Å². The quantitative estimate of drug-likeness (QED) is 0.722. The summed E-state index contributed by atoms with van der Waals surface area (Å²) in [5.74, 6) is 0.753. The number of esters is 1. The van der Waals surface area contributed by atoms with Gasteiger partial charge in [-0.15, -0.1) is 0 Å². The maximum Gasteiger partial charge on any atom is 0.337 e. The molecule has 2 aliphatic rings. The molecule has 0 amide bonds. The summed E-state index contributed by atoms with van der Waals surface area (Å²) in [7, 11) is 4.59. The van der Waals surface area contributed by atoms with Gasteiger partial charge in [0, 0.05) is 47.0 Å². The summed E-state index contributed by atoms with van der Waals surface area (Å²) < 4.78 is 16.0. The Kier molecular flexibility index (Phi) is 5.25.